The van der Waals surface area contributed by atoms with E-state index in [1.165, 1.54) is 0 Å². The van der Waals surface area contributed by atoms with Gasteiger partial charge in [0.05, 0.1) is 31.1 Å². The first kappa shape index (κ1) is 30.6. The van der Waals surface area contributed by atoms with Crippen LogP contribution in [0.5, 0.6) is 0 Å². The van der Waals surface area contributed by atoms with Crippen molar-refractivity contribution < 1.29 is 25.6 Å². The summed E-state index contributed by atoms with van der Waals surface area (Å²) in [6.07, 6.45) is 0. The minimum Gasteiger partial charge on any atom is -0.416 e. The molecule has 1 N–H and O–H groups in total. The summed E-state index contributed by atoms with van der Waals surface area (Å²) in [5.74, 6) is -0.0914. The van der Waals surface area contributed by atoms with Crippen molar-refractivity contribution in [2.24, 2.45) is 0 Å². The lowest BCUT2D eigenvalue weighted by molar-refractivity contribution is 0.0627. The molecule has 0 amide bonds. The molecule has 0 unspecified atom stereocenters. The van der Waals surface area contributed by atoms with Crippen molar-refractivity contribution in [3.05, 3.63) is 0 Å². The van der Waals surface area contributed by atoms with Crippen molar-refractivity contribution in [2.75, 3.05) is 32.1 Å². The second kappa shape index (κ2) is 11.2. The highest BCUT2D eigenvalue weighted by Crippen LogP contribution is 2.18. The molecule has 0 saturated carbocycles. The maximum atomic E-state index is 12.4. The second-order valence-corrected chi connectivity index (χ2v) is 31.8. The first-order valence-electron chi connectivity index (χ1n) is 10.6. The van der Waals surface area contributed by atoms with Crippen molar-refractivity contribution in [2.45, 2.75) is 84.1 Å². The molecule has 0 aliphatic carbocycles. The van der Waals surface area contributed by atoms with Crippen LogP contribution in [0, 0.1) is 0 Å². The van der Waals surface area contributed by atoms with E-state index in [0.717, 1.165) is 0 Å². The predicted octanol–water partition coefficient (Wildman–Crippen LogP) is 4.05. The Hall–Kier alpha value is 0.618. The molecule has 0 aromatic carbocycles. The Kier molecular flexibility index (Phi) is 11.4. The van der Waals surface area contributed by atoms with Crippen LogP contribution in [-0.4, -0.2) is 79.3 Å². The van der Waals surface area contributed by atoms with Crippen molar-refractivity contribution >= 4 is 43.4 Å². The van der Waals surface area contributed by atoms with Gasteiger partial charge in [0, 0.05) is 6.54 Å². The zero-order valence-corrected chi connectivity index (χ0v) is 26.2. The van der Waals surface area contributed by atoms with E-state index in [-0.39, 0.29) is 12.3 Å². The van der Waals surface area contributed by atoms with E-state index in [1.807, 2.05) is 19.6 Å². The minimum absolute atomic E-state index is 0.0914. The molecule has 0 radical (unpaired) electrons. The van der Waals surface area contributed by atoms with Gasteiger partial charge in [0.25, 0.3) is 10.1 Å². The number of hydrogen-bond acceptors (Lipinski definition) is 7. The molecule has 0 bridgehead atoms. The SMILES string of the molecule is C[Si](C)(C)OCC(CO[Si](C)(C)C)(CO[Si](C)(C)C)NCCS(=O)(=O)O[Si](C)(C)C. The van der Waals surface area contributed by atoms with Crippen LogP contribution in [-0.2, 0) is 27.3 Å². The normalized spacial score (nSPS) is 14.9. The van der Waals surface area contributed by atoms with Crippen molar-refractivity contribution in [3.63, 3.8) is 0 Å². The third kappa shape index (κ3) is 17.2. The van der Waals surface area contributed by atoms with E-state index in [2.05, 4.69) is 64.2 Å². The van der Waals surface area contributed by atoms with Gasteiger partial charge in [-0.1, -0.05) is 0 Å². The van der Waals surface area contributed by atoms with Crippen molar-refractivity contribution in [1.29, 1.82) is 0 Å². The van der Waals surface area contributed by atoms with Crippen LogP contribution in [0.4, 0.5) is 0 Å². The van der Waals surface area contributed by atoms with Gasteiger partial charge in [-0.2, -0.15) is 0 Å². The Morgan fingerprint density at radius 2 is 0.967 bits per heavy atom. The van der Waals surface area contributed by atoms with Crippen molar-refractivity contribution in [1.82, 2.24) is 5.32 Å². The fourth-order valence-corrected chi connectivity index (χ4v) is 8.07. The molecule has 30 heavy (non-hydrogen) atoms. The van der Waals surface area contributed by atoms with Gasteiger partial charge in [0.1, 0.15) is 0 Å². The lowest BCUT2D eigenvalue weighted by atomic mass is 10.0. The molecular weight excluding hydrogens is 471 g/mol. The lowest BCUT2D eigenvalue weighted by Crippen LogP contribution is -2.60. The largest absolute Gasteiger partial charge is 0.416 e. The summed E-state index contributed by atoms with van der Waals surface area (Å²) in [7, 11) is -11.1. The summed E-state index contributed by atoms with van der Waals surface area (Å²) in [6, 6.07) is 0. The average molecular weight is 518 g/mol. The molecule has 0 aliphatic heterocycles. The van der Waals surface area contributed by atoms with Gasteiger partial charge >= 0.3 is 0 Å². The van der Waals surface area contributed by atoms with E-state index in [9.17, 15) is 8.42 Å². The van der Waals surface area contributed by atoms with Gasteiger partial charge in [-0.15, -0.1) is 0 Å². The van der Waals surface area contributed by atoms with Gasteiger partial charge < -0.3 is 22.5 Å². The van der Waals surface area contributed by atoms with E-state index in [0.29, 0.717) is 19.8 Å². The number of nitrogens with one attached hydrogen (secondary N) is 1. The van der Waals surface area contributed by atoms with E-state index >= 15 is 0 Å². The summed E-state index contributed by atoms with van der Waals surface area (Å²) >= 11 is 0. The topological polar surface area (TPSA) is 83.1 Å². The van der Waals surface area contributed by atoms with Crippen LogP contribution < -0.4 is 5.32 Å². The van der Waals surface area contributed by atoms with Gasteiger partial charge in [-0.3, -0.25) is 0 Å². The van der Waals surface area contributed by atoms with Crippen LogP contribution in [0.25, 0.3) is 0 Å². The monoisotopic (exact) mass is 517 g/mol. The Bertz CT molecular complexity index is 573. The van der Waals surface area contributed by atoms with Crippen LogP contribution in [0.15, 0.2) is 0 Å². The first-order chi connectivity index (χ1) is 13.0. The average Bonchev–Trinajstić information content (AvgIpc) is 2.43. The molecule has 0 atom stereocenters. The fourth-order valence-electron chi connectivity index (χ4n) is 2.21. The third-order valence-corrected chi connectivity index (χ3v) is 10.3. The second-order valence-electron chi connectivity index (χ2n) is 11.9. The Morgan fingerprint density at radius 3 is 1.23 bits per heavy atom. The maximum Gasteiger partial charge on any atom is 0.259 e. The Morgan fingerprint density at radius 1 is 0.633 bits per heavy atom. The summed E-state index contributed by atoms with van der Waals surface area (Å²) in [4.78, 5) is 0. The predicted molar refractivity (Wildman–Crippen MR) is 137 cm³/mol. The fraction of sp³-hybridized carbons (Fsp3) is 1.00. The third-order valence-electron chi connectivity index (χ3n) is 3.57. The van der Waals surface area contributed by atoms with Crippen LogP contribution >= 0.6 is 0 Å². The highest BCUT2D eigenvalue weighted by atomic mass is 32.2. The maximum absolute atomic E-state index is 12.4. The van der Waals surface area contributed by atoms with Crippen molar-refractivity contribution in [3.8, 4) is 0 Å². The first-order valence-corrected chi connectivity index (χ1v) is 25.8. The minimum atomic E-state index is -3.59. The molecule has 12 heteroatoms. The van der Waals surface area contributed by atoms with Crippen LogP contribution in [0.1, 0.15) is 0 Å². The molecule has 0 rings (SSSR count). The zero-order chi connectivity index (χ0) is 24.1. The van der Waals surface area contributed by atoms with Gasteiger partial charge in [0.15, 0.2) is 25.0 Å². The van der Waals surface area contributed by atoms with Gasteiger partial charge in [-0.05, 0) is 78.6 Å². The standard InChI is InChI=1S/C18H47NO6SSi4/c1-27(2,3)22-15-18(16-23-28(4,5)6,17-24-29(7,8)9)19-13-14-26(20,21)25-30(10,11)12/h19H,13-17H2,1-12H3. The molecule has 0 saturated heterocycles. The zero-order valence-electron chi connectivity index (χ0n) is 21.4. The summed E-state index contributed by atoms with van der Waals surface area (Å²) in [5, 5.41) is 3.44. The molecule has 0 spiro atoms. The quantitative estimate of drug-likeness (QED) is 0.328. The van der Waals surface area contributed by atoms with Gasteiger partial charge in [0.2, 0.25) is 8.32 Å². The molecule has 0 aliphatic rings. The summed E-state index contributed by atoms with van der Waals surface area (Å²) < 4.78 is 48.9. The van der Waals surface area contributed by atoms with E-state index < -0.39 is 48.9 Å². The molecule has 0 heterocycles. The molecule has 0 aromatic heterocycles. The molecule has 7 nitrogen and oxygen atoms in total. The number of rotatable bonds is 15. The smallest absolute Gasteiger partial charge is 0.259 e. The molecule has 182 valence electrons. The van der Waals surface area contributed by atoms with Gasteiger partial charge in [-0.25, -0.2) is 8.42 Å². The lowest BCUT2D eigenvalue weighted by Gasteiger charge is -2.40. The Labute approximate surface area is 190 Å². The summed E-state index contributed by atoms with van der Waals surface area (Å²) in [6.45, 7) is 26.4. The summed E-state index contributed by atoms with van der Waals surface area (Å²) in [5.41, 5.74) is -0.602. The van der Waals surface area contributed by atoms with E-state index in [1.54, 1.807) is 0 Å². The van der Waals surface area contributed by atoms with Crippen LogP contribution in [0.3, 0.4) is 0 Å². The Balaban J connectivity index is 5.53. The van der Waals surface area contributed by atoms with E-state index in [4.69, 9.17) is 17.2 Å². The molecule has 0 aromatic rings. The highest BCUT2D eigenvalue weighted by Gasteiger charge is 2.37. The molecular formula is C18H47NO6SSi4. The molecule has 0 fully saturated rings. The highest BCUT2D eigenvalue weighted by molar-refractivity contribution is 7.87. The number of hydrogen-bond donors (Lipinski definition) is 1. The van der Waals surface area contributed by atoms with Crippen LogP contribution in [0.2, 0.25) is 78.6 Å².